The highest BCUT2D eigenvalue weighted by Crippen LogP contribution is 2.51. The number of benzene rings is 2. The molecule has 1 aliphatic carbocycles. The van der Waals surface area contributed by atoms with E-state index in [9.17, 15) is 4.79 Å². The fraction of sp³-hybridized carbons (Fsp3) is 0.458. The lowest BCUT2D eigenvalue weighted by Gasteiger charge is -2.37. The predicted octanol–water partition coefficient (Wildman–Crippen LogP) is 3.72. The van der Waals surface area contributed by atoms with Crippen molar-refractivity contribution in [1.29, 1.82) is 0 Å². The summed E-state index contributed by atoms with van der Waals surface area (Å²) in [6.45, 7) is 5.79. The quantitative estimate of drug-likeness (QED) is 0.806. The van der Waals surface area contributed by atoms with Crippen LogP contribution >= 0.6 is 12.4 Å². The van der Waals surface area contributed by atoms with Crippen molar-refractivity contribution < 1.29 is 14.3 Å². The molecular weight excluding hydrogens is 400 g/mol. The van der Waals surface area contributed by atoms with Gasteiger partial charge in [0.2, 0.25) is 5.91 Å². The second kappa shape index (κ2) is 8.86. The van der Waals surface area contributed by atoms with Crippen LogP contribution in [0.1, 0.15) is 42.0 Å². The summed E-state index contributed by atoms with van der Waals surface area (Å²) in [5.41, 5.74) is 3.74. The Morgan fingerprint density at radius 2 is 1.80 bits per heavy atom. The molecule has 3 aliphatic rings. The molecule has 2 fully saturated rings. The molecule has 2 heterocycles. The number of carbonyl (C=O) groups is 1. The summed E-state index contributed by atoms with van der Waals surface area (Å²) < 4.78 is 11.3. The average molecular weight is 429 g/mol. The van der Waals surface area contributed by atoms with E-state index >= 15 is 0 Å². The second-order valence-electron chi connectivity index (χ2n) is 8.20. The Morgan fingerprint density at radius 3 is 2.57 bits per heavy atom. The van der Waals surface area contributed by atoms with E-state index in [0.29, 0.717) is 13.2 Å². The molecule has 5 nitrogen and oxygen atoms in total. The number of nitrogens with zero attached hydrogens (tertiary/aromatic N) is 1. The lowest BCUT2D eigenvalue weighted by molar-refractivity contribution is -0.136. The third-order valence-electron chi connectivity index (χ3n) is 6.40. The van der Waals surface area contributed by atoms with E-state index in [1.165, 1.54) is 16.7 Å². The van der Waals surface area contributed by atoms with Crippen molar-refractivity contribution >= 4 is 18.3 Å². The van der Waals surface area contributed by atoms with Crippen molar-refractivity contribution in [2.45, 2.75) is 31.7 Å². The molecule has 1 saturated carbocycles. The van der Waals surface area contributed by atoms with Gasteiger partial charge in [-0.05, 0) is 47.6 Å². The third-order valence-corrected chi connectivity index (χ3v) is 6.40. The van der Waals surface area contributed by atoms with Crippen LogP contribution in [-0.4, -0.2) is 43.7 Å². The molecule has 2 aromatic carbocycles. The van der Waals surface area contributed by atoms with Gasteiger partial charge in [-0.2, -0.15) is 0 Å². The minimum atomic E-state index is 0. The van der Waals surface area contributed by atoms with Crippen LogP contribution in [-0.2, 0) is 11.2 Å². The summed E-state index contributed by atoms with van der Waals surface area (Å²) in [5, 5.41) is 3.46. The Balaban J connectivity index is 0.00000218. The lowest BCUT2D eigenvalue weighted by atomic mass is 10.00. The molecule has 2 aromatic rings. The van der Waals surface area contributed by atoms with E-state index in [1.54, 1.807) is 0 Å². The van der Waals surface area contributed by atoms with E-state index in [4.69, 9.17) is 9.47 Å². The van der Waals surface area contributed by atoms with E-state index < -0.39 is 0 Å². The van der Waals surface area contributed by atoms with Gasteiger partial charge in [-0.15, -0.1) is 12.4 Å². The van der Waals surface area contributed by atoms with E-state index in [2.05, 4.69) is 53.5 Å². The van der Waals surface area contributed by atoms with Crippen molar-refractivity contribution in [3.63, 3.8) is 0 Å². The van der Waals surface area contributed by atoms with Crippen molar-refractivity contribution in [3.05, 3.63) is 59.2 Å². The van der Waals surface area contributed by atoms with Gasteiger partial charge in [0.05, 0.1) is 6.04 Å². The van der Waals surface area contributed by atoms with Gasteiger partial charge in [-0.25, -0.2) is 0 Å². The van der Waals surface area contributed by atoms with Crippen LogP contribution in [0, 0.1) is 5.92 Å². The number of ether oxygens (including phenoxy) is 2. The largest absolute Gasteiger partial charge is 0.486 e. The molecule has 160 valence electrons. The van der Waals surface area contributed by atoms with Crippen LogP contribution in [0.25, 0.3) is 0 Å². The summed E-state index contributed by atoms with van der Waals surface area (Å²) in [7, 11) is 0. The van der Waals surface area contributed by atoms with E-state index in [-0.39, 0.29) is 36.2 Å². The molecule has 0 aromatic heterocycles. The highest BCUT2D eigenvalue weighted by molar-refractivity contribution is 5.85. The van der Waals surface area contributed by atoms with E-state index in [1.807, 2.05) is 6.07 Å². The van der Waals surface area contributed by atoms with Gasteiger partial charge in [-0.1, -0.05) is 37.3 Å². The lowest BCUT2D eigenvalue weighted by Crippen LogP contribution is -2.49. The maximum Gasteiger partial charge on any atom is 0.226 e. The Kier molecular flexibility index (Phi) is 6.21. The van der Waals surface area contributed by atoms with Crippen LogP contribution in [0.4, 0.5) is 0 Å². The Bertz CT molecular complexity index is 902. The number of fused-ring (bicyclic) bond motifs is 1. The molecule has 30 heavy (non-hydrogen) atoms. The molecule has 0 radical (unpaired) electrons. The number of hydrogen-bond donors (Lipinski definition) is 1. The van der Waals surface area contributed by atoms with Crippen LogP contribution in [0.3, 0.4) is 0 Å². The third kappa shape index (κ3) is 4.01. The Hall–Kier alpha value is -2.24. The van der Waals surface area contributed by atoms with E-state index in [0.717, 1.165) is 44.0 Å². The SMILES string of the molecule is CCc1ccc(C2CNCCN2C(=O)C2CC2c2ccc3c(c2)OCCO3)cc1.Cl. The number of rotatable bonds is 4. The standard InChI is InChI=1S/C24H28N2O3.ClH/c1-2-16-3-5-17(6-4-16)21-15-25-9-10-26(21)24(27)20-14-19(20)18-7-8-22-23(13-18)29-12-11-28-22;/h3-8,13,19-21,25H,2,9-12,14-15H2,1H3;1H. The summed E-state index contributed by atoms with van der Waals surface area (Å²) in [6, 6.07) is 15.0. The number of amides is 1. The minimum absolute atomic E-state index is 0. The molecular formula is C24H29ClN2O3. The van der Waals surface area contributed by atoms with Gasteiger partial charge >= 0.3 is 0 Å². The summed E-state index contributed by atoms with van der Waals surface area (Å²) in [4.78, 5) is 15.5. The first-order chi connectivity index (χ1) is 14.2. The fourth-order valence-corrected chi connectivity index (χ4v) is 4.58. The molecule has 0 bridgehead atoms. The molecule has 6 heteroatoms. The zero-order valence-electron chi connectivity index (χ0n) is 17.3. The van der Waals surface area contributed by atoms with Gasteiger partial charge in [0.25, 0.3) is 0 Å². The smallest absolute Gasteiger partial charge is 0.226 e. The van der Waals surface area contributed by atoms with Crippen LogP contribution in [0.15, 0.2) is 42.5 Å². The Morgan fingerprint density at radius 1 is 1.07 bits per heavy atom. The topological polar surface area (TPSA) is 50.8 Å². The number of carbonyl (C=O) groups excluding carboxylic acids is 1. The van der Waals surface area contributed by atoms with Gasteiger partial charge in [0.1, 0.15) is 13.2 Å². The molecule has 3 unspecified atom stereocenters. The Labute approximate surface area is 184 Å². The van der Waals surface area contributed by atoms with Gasteiger partial charge in [-0.3, -0.25) is 4.79 Å². The fourth-order valence-electron chi connectivity index (χ4n) is 4.58. The van der Waals surface area contributed by atoms with Crippen molar-refractivity contribution in [3.8, 4) is 11.5 Å². The summed E-state index contributed by atoms with van der Waals surface area (Å²) in [5.74, 6) is 2.27. The highest BCUT2D eigenvalue weighted by Gasteiger charge is 2.47. The van der Waals surface area contributed by atoms with Gasteiger partial charge < -0.3 is 19.7 Å². The molecule has 5 rings (SSSR count). The number of hydrogen-bond acceptors (Lipinski definition) is 4. The molecule has 3 atom stereocenters. The monoisotopic (exact) mass is 428 g/mol. The maximum absolute atomic E-state index is 13.4. The zero-order valence-corrected chi connectivity index (χ0v) is 18.1. The van der Waals surface area contributed by atoms with Crippen molar-refractivity contribution in [2.75, 3.05) is 32.8 Å². The molecule has 2 aliphatic heterocycles. The molecule has 1 N–H and O–H groups in total. The van der Waals surface area contributed by atoms with Crippen LogP contribution in [0.2, 0.25) is 0 Å². The first-order valence-electron chi connectivity index (χ1n) is 10.7. The predicted molar refractivity (Wildman–Crippen MR) is 119 cm³/mol. The number of nitrogens with one attached hydrogen (secondary N) is 1. The van der Waals surface area contributed by atoms with Crippen LogP contribution in [0.5, 0.6) is 11.5 Å². The molecule has 0 spiro atoms. The maximum atomic E-state index is 13.4. The summed E-state index contributed by atoms with van der Waals surface area (Å²) in [6.07, 6.45) is 1.95. The number of halogens is 1. The number of piperazine rings is 1. The zero-order chi connectivity index (χ0) is 19.8. The summed E-state index contributed by atoms with van der Waals surface area (Å²) >= 11 is 0. The van der Waals surface area contributed by atoms with Crippen molar-refractivity contribution in [1.82, 2.24) is 10.2 Å². The first kappa shape index (κ1) is 21.0. The molecule has 1 amide bonds. The first-order valence-corrected chi connectivity index (χ1v) is 10.7. The normalized spacial score (nSPS) is 24.7. The highest BCUT2D eigenvalue weighted by atomic mass is 35.5. The average Bonchev–Trinajstić information content (AvgIpc) is 3.59. The van der Waals surface area contributed by atoms with Crippen LogP contribution < -0.4 is 14.8 Å². The van der Waals surface area contributed by atoms with Gasteiger partial charge in [0.15, 0.2) is 11.5 Å². The van der Waals surface area contributed by atoms with Gasteiger partial charge in [0, 0.05) is 25.6 Å². The molecule has 1 saturated heterocycles. The second-order valence-corrected chi connectivity index (χ2v) is 8.20. The van der Waals surface area contributed by atoms with Crippen molar-refractivity contribution in [2.24, 2.45) is 5.92 Å². The number of aryl methyl sites for hydroxylation is 1. The minimum Gasteiger partial charge on any atom is -0.486 e.